The Balaban J connectivity index is 2.05. The van der Waals surface area contributed by atoms with Gasteiger partial charge in [-0.25, -0.2) is 0 Å². The van der Waals surface area contributed by atoms with Crippen molar-refractivity contribution in [2.24, 2.45) is 0 Å². The SMILES string of the molecule is CC(C)N(C)CCCNc1ccc(C#N)c2ccccc12. The van der Waals surface area contributed by atoms with Gasteiger partial charge in [-0.15, -0.1) is 0 Å². The number of anilines is 1. The molecule has 21 heavy (non-hydrogen) atoms. The highest BCUT2D eigenvalue weighted by Crippen LogP contribution is 2.26. The van der Waals surface area contributed by atoms with E-state index in [9.17, 15) is 5.26 Å². The van der Waals surface area contributed by atoms with E-state index in [-0.39, 0.29) is 0 Å². The van der Waals surface area contributed by atoms with Gasteiger partial charge in [0.25, 0.3) is 0 Å². The molecule has 0 aromatic heterocycles. The molecule has 0 bridgehead atoms. The van der Waals surface area contributed by atoms with E-state index >= 15 is 0 Å². The van der Waals surface area contributed by atoms with Crippen LogP contribution in [-0.4, -0.2) is 31.1 Å². The van der Waals surface area contributed by atoms with Gasteiger partial charge in [-0.1, -0.05) is 24.3 Å². The van der Waals surface area contributed by atoms with Crippen molar-refractivity contribution < 1.29 is 0 Å². The first-order valence-corrected chi connectivity index (χ1v) is 7.49. The van der Waals surface area contributed by atoms with Crippen LogP contribution in [0.1, 0.15) is 25.8 Å². The predicted octanol–water partition coefficient (Wildman–Crippen LogP) is 3.85. The minimum Gasteiger partial charge on any atom is -0.384 e. The standard InChI is InChI=1S/C18H23N3/c1-14(2)21(3)12-6-11-20-18-10-9-15(13-19)16-7-4-5-8-17(16)18/h4-5,7-10,14,20H,6,11-12H2,1-3H3. The van der Waals surface area contributed by atoms with Crippen molar-refractivity contribution in [3.05, 3.63) is 42.0 Å². The van der Waals surface area contributed by atoms with Crippen LogP contribution in [0, 0.1) is 11.3 Å². The maximum atomic E-state index is 9.18. The van der Waals surface area contributed by atoms with Crippen molar-refractivity contribution in [1.29, 1.82) is 5.26 Å². The van der Waals surface area contributed by atoms with E-state index in [0.717, 1.165) is 41.5 Å². The van der Waals surface area contributed by atoms with Crippen LogP contribution in [0.5, 0.6) is 0 Å². The van der Waals surface area contributed by atoms with Crippen LogP contribution in [0.2, 0.25) is 0 Å². The predicted molar refractivity (Wildman–Crippen MR) is 89.5 cm³/mol. The fourth-order valence-electron chi connectivity index (χ4n) is 2.36. The molecular formula is C18H23N3. The highest BCUT2D eigenvalue weighted by molar-refractivity contribution is 5.97. The van der Waals surface area contributed by atoms with E-state index < -0.39 is 0 Å². The molecule has 3 nitrogen and oxygen atoms in total. The maximum Gasteiger partial charge on any atom is 0.0998 e. The van der Waals surface area contributed by atoms with Gasteiger partial charge in [-0.2, -0.15) is 5.26 Å². The summed E-state index contributed by atoms with van der Waals surface area (Å²) in [6.45, 7) is 6.44. The van der Waals surface area contributed by atoms with Crippen molar-refractivity contribution in [2.75, 3.05) is 25.5 Å². The summed E-state index contributed by atoms with van der Waals surface area (Å²) in [6, 6.07) is 14.8. The van der Waals surface area contributed by atoms with Crippen molar-refractivity contribution in [2.45, 2.75) is 26.3 Å². The fraction of sp³-hybridized carbons (Fsp3) is 0.389. The van der Waals surface area contributed by atoms with Crippen LogP contribution in [-0.2, 0) is 0 Å². The molecule has 1 N–H and O–H groups in total. The Labute approximate surface area is 127 Å². The average Bonchev–Trinajstić information content (AvgIpc) is 2.51. The van der Waals surface area contributed by atoms with Crippen molar-refractivity contribution in [3.63, 3.8) is 0 Å². The van der Waals surface area contributed by atoms with Gasteiger partial charge in [0.1, 0.15) is 0 Å². The zero-order valence-electron chi connectivity index (χ0n) is 13.1. The Bertz CT molecular complexity index is 640. The van der Waals surface area contributed by atoms with Gasteiger partial charge < -0.3 is 10.2 Å². The number of hydrogen-bond donors (Lipinski definition) is 1. The van der Waals surface area contributed by atoms with Gasteiger partial charge in [0, 0.05) is 29.0 Å². The molecule has 0 atom stereocenters. The summed E-state index contributed by atoms with van der Waals surface area (Å²) in [6.07, 6.45) is 1.10. The molecule has 0 aliphatic rings. The summed E-state index contributed by atoms with van der Waals surface area (Å²) in [5.41, 5.74) is 1.84. The second kappa shape index (κ2) is 7.10. The normalized spacial score (nSPS) is 11.0. The van der Waals surface area contributed by atoms with E-state index in [4.69, 9.17) is 0 Å². The molecule has 110 valence electrons. The number of rotatable bonds is 6. The lowest BCUT2D eigenvalue weighted by Crippen LogP contribution is -2.28. The summed E-state index contributed by atoms with van der Waals surface area (Å²) in [5.74, 6) is 0. The molecule has 2 aromatic rings. The lowest BCUT2D eigenvalue weighted by molar-refractivity contribution is 0.273. The Hall–Kier alpha value is -2.05. The van der Waals surface area contributed by atoms with E-state index in [2.05, 4.69) is 43.2 Å². The molecule has 3 heteroatoms. The van der Waals surface area contributed by atoms with Crippen LogP contribution in [0.25, 0.3) is 10.8 Å². The average molecular weight is 281 g/mol. The van der Waals surface area contributed by atoms with Gasteiger partial charge in [0.15, 0.2) is 0 Å². The topological polar surface area (TPSA) is 39.1 Å². The minimum atomic E-state index is 0.584. The van der Waals surface area contributed by atoms with E-state index in [0.29, 0.717) is 6.04 Å². The molecule has 0 unspecified atom stereocenters. The van der Waals surface area contributed by atoms with Gasteiger partial charge in [-0.3, -0.25) is 0 Å². The van der Waals surface area contributed by atoms with E-state index in [1.807, 2.05) is 30.3 Å². The van der Waals surface area contributed by atoms with Gasteiger partial charge in [0.05, 0.1) is 11.6 Å². The fourth-order valence-corrected chi connectivity index (χ4v) is 2.36. The molecule has 2 aromatic carbocycles. The number of fused-ring (bicyclic) bond motifs is 1. The number of hydrogen-bond acceptors (Lipinski definition) is 3. The first-order chi connectivity index (χ1) is 10.1. The summed E-state index contributed by atoms with van der Waals surface area (Å²) >= 11 is 0. The zero-order valence-corrected chi connectivity index (χ0v) is 13.1. The van der Waals surface area contributed by atoms with E-state index in [1.54, 1.807) is 0 Å². The second-order valence-corrected chi connectivity index (χ2v) is 5.67. The Morgan fingerprint density at radius 1 is 1.14 bits per heavy atom. The Kier molecular flexibility index (Phi) is 5.19. The highest BCUT2D eigenvalue weighted by Gasteiger charge is 2.05. The smallest absolute Gasteiger partial charge is 0.0998 e. The van der Waals surface area contributed by atoms with Crippen LogP contribution < -0.4 is 5.32 Å². The van der Waals surface area contributed by atoms with Gasteiger partial charge in [0.2, 0.25) is 0 Å². The highest BCUT2D eigenvalue weighted by atomic mass is 15.1. The minimum absolute atomic E-state index is 0.584. The van der Waals surface area contributed by atoms with E-state index in [1.165, 1.54) is 0 Å². The quantitative estimate of drug-likeness (QED) is 0.817. The van der Waals surface area contributed by atoms with Crippen molar-refractivity contribution >= 4 is 16.5 Å². The summed E-state index contributed by atoms with van der Waals surface area (Å²) in [7, 11) is 2.15. The zero-order chi connectivity index (χ0) is 15.2. The van der Waals surface area contributed by atoms with Crippen LogP contribution in [0.15, 0.2) is 36.4 Å². The van der Waals surface area contributed by atoms with Crippen molar-refractivity contribution in [1.82, 2.24) is 4.90 Å². The number of benzene rings is 2. The molecule has 0 spiro atoms. The Morgan fingerprint density at radius 2 is 1.86 bits per heavy atom. The molecule has 0 radical (unpaired) electrons. The third-order valence-electron chi connectivity index (χ3n) is 3.93. The lowest BCUT2D eigenvalue weighted by Gasteiger charge is -2.21. The molecule has 2 rings (SSSR count). The van der Waals surface area contributed by atoms with Crippen molar-refractivity contribution in [3.8, 4) is 6.07 Å². The summed E-state index contributed by atoms with van der Waals surface area (Å²) in [4.78, 5) is 2.35. The second-order valence-electron chi connectivity index (χ2n) is 5.67. The molecule has 0 aliphatic heterocycles. The lowest BCUT2D eigenvalue weighted by atomic mass is 10.0. The molecule has 0 fully saturated rings. The molecule has 0 heterocycles. The summed E-state index contributed by atoms with van der Waals surface area (Å²) < 4.78 is 0. The maximum absolute atomic E-state index is 9.18. The first-order valence-electron chi connectivity index (χ1n) is 7.49. The Morgan fingerprint density at radius 3 is 2.52 bits per heavy atom. The first kappa shape index (κ1) is 15.3. The van der Waals surface area contributed by atoms with Gasteiger partial charge >= 0.3 is 0 Å². The third-order valence-corrected chi connectivity index (χ3v) is 3.93. The van der Waals surface area contributed by atoms with Crippen LogP contribution in [0.3, 0.4) is 0 Å². The molecular weight excluding hydrogens is 258 g/mol. The number of nitrogens with one attached hydrogen (secondary N) is 1. The largest absolute Gasteiger partial charge is 0.384 e. The molecule has 0 saturated heterocycles. The van der Waals surface area contributed by atoms with Gasteiger partial charge in [-0.05, 0) is 46.0 Å². The number of nitrogens with zero attached hydrogens (tertiary/aromatic N) is 2. The monoisotopic (exact) mass is 281 g/mol. The molecule has 0 amide bonds. The molecule has 0 saturated carbocycles. The molecule has 0 aliphatic carbocycles. The van der Waals surface area contributed by atoms with Crippen LogP contribution >= 0.6 is 0 Å². The van der Waals surface area contributed by atoms with Crippen LogP contribution in [0.4, 0.5) is 5.69 Å². The summed E-state index contributed by atoms with van der Waals surface area (Å²) in [5, 5.41) is 14.8. The number of nitriles is 1. The third kappa shape index (κ3) is 3.74.